The lowest BCUT2D eigenvalue weighted by molar-refractivity contribution is -0.116. The Morgan fingerprint density at radius 2 is 1.83 bits per heavy atom. The molecular formula is C35H42N2O4. The summed E-state index contributed by atoms with van der Waals surface area (Å²) in [7, 11) is 0. The lowest BCUT2D eigenvalue weighted by Gasteiger charge is -2.32. The van der Waals surface area contributed by atoms with E-state index in [2.05, 4.69) is 56.2 Å². The van der Waals surface area contributed by atoms with E-state index in [9.17, 15) is 9.59 Å². The van der Waals surface area contributed by atoms with Crippen molar-refractivity contribution in [2.75, 3.05) is 13.2 Å². The normalized spacial score (nSPS) is 15.8. The van der Waals surface area contributed by atoms with Crippen LogP contribution in [-0.4, -0.2) is 30.0 Å². The topological polar surface area (TPSA) is 77.5 Å². The summed E-state index contributed by atoms with van der Waals surface area (Å²) in [5.41, 5.74) is 5.50. The molecule has 6 heteroatoms. The van der Waals surface area contributed by atoms with Crippen LogP contribution in [-0.2, 0) is 4.79 Å². The molecule has 0 radical (unpaired) electrons. The van der Waals surface area contributed by atoms with Crippen molar-refractivity contribution in [1.29, 1.82) is 0 Å². The molecule has 0 saturated carbocycles. The van der Waals surface area contributed by atoms with Gasteiger partial charge in [-0.05, 0) is 81.2 Å². The van der Waals surface area contributed by atoms with Crippen LogP contribution >= 0.6 is 0 Å². The fraction of sp³-hybridized carbons (Fsp3) is 0.343. The molecule has 1 heterocycles. The molecule has 1 aromatic carbocycles. The van der Waals surface area contributed by atoms with Gasteiger partial charge in [-0.15, -0.1) is 0 Å². The molecule has 1 aliphatic carbocycles. The molecule has 0 bridgehead atoms. The highest BCUT2D eigenvalue weighted by atomic mass is 16.5. The summed E-state index contributed by atoms with van der Waals surface area (Å²) in [6, 6.07) is 10.4. The van der Waals surface area contributed by atoms with Gasteiger partial charge in [0.2, 0.25) is 5.91 Å². The average molecular weight is 555 g/mol. The van der Waals surface area contributed by atoms with Crippen LogP contribution in [0.1, 0.15) is 70.7 Å². The van der Waals surface area contributed by atoms with Crippen LogP contribution in [0.2, 0.25) is 0 Å². The number of nitrogens with one attached hydrogen (secondary N) is 1. The van der Waals surface area contributed by atoms with E-state index in [1.807, 2.05) is 25.1 Å². The van der Waals surface area contributed by atoms with Gasteiger partial charge in [-0.3, -0.25) is 9.78 Å². The van der Waals surface area contributed by atoms with Crippen molar-refractivity contribution in [3.63, 3.8) is 0 Å². The van der Waals surface area contributed by atoms with E-state index in [-0.39, 0.29) is 11.3 Å². The van der Waals surface area contributed by atoms with Crippen molar-refractivity contribution >= 4 is 11.9 Å². The SMILES string of the molecule is CC1=C(/C=C/C(C)=C/C=C/C(C)=C/C(=O)NCCCOc2cncc(C(=O)Oc3ccccc3)c2)C(C)(C)CCC1. The quantitative estimate of drug-likeness (QED) is 0.0956. The van der Waals surface area contributed by atoms with Crippen molar-refractivity contribution in [1.82, 2.24) is 10.3 Å². The predicted octanol–water partition coefficient (Wildman–Crippen LogP) is 7.72. The standard InChI is InChI=1S/C35H42N2O4/c1-26(17-18-32-28(3)14-10-19-35(32,4)5)12-9-13-27(2)22-33(38)37-20-11-21-40-31-23-29(24-36-25-31)34(39)41-30-15-7-6-8-16-30/h6-9,12-13,15-18,22-25H,10-11,14,19-21H2,1-5H3,(H,37,38)/b13-9+,18-17+,26-12+,27-22+. The number of pyridine rings is 1. The monoisotopic (exact) mass is 554 g/mol. The molecule has 1 aromatic heterocycles. The van der Waals surface area contributed by atoms with Gasteiger partial charge in [0.25, 0.3) is 0 Å². The van der Waals surface area contributed by atoms with Crippen molar-refractivity contribution in [2.24, 2.45) is 5.41 Å². The number of amides is 1. The second kappa shape index (κ2) is 15.6. The maximum absolute atomic E-state index is 12.3. The van der Waals surface area contributed by atoms with Gasteiger partial charge in [0, 0.05) is 18.8 Å². The Morgan fingerprint density at radius 1 is 1.05 bits per heavy atom. The van der Waals surface area contributed by atoms with Crippen LogP contribution in [0.3, 0.4) is 0 Å². The first-order chi connectivity index (χ1) is 19.6. The fourth-order valence-corrected chi connectivity index (χ4v) is 4.68. The van der Waals surface area contributed by atoms with Crippen molar-refractivity contribution in [3.8, 4) is 11.5 Å². The number of hydrogen-bond acceptors (Lipinski definition) is 5. The zero-order valence-electron chi connectivity index (χ0n) is 24.9. The number of para-hydroxylation sites is 1. The zero-order chi connectivity index (χ0) is 29.7. The third-order valence-electron chi connectivity index (χ3n) is 6.92. The number of hydrogen-bond donors (Lipinski definition) is 1. The van der Waals surface area contributed by atoms with Crippen LogP contribution in [0.15, 0.2) is 108 Å². The van der Waals surface area contributed by atoms with Gasteiger partial charge in [-0.2, -0.15) is 0 Å². The highest BCUT2D eigenvalue weighted by Gasteiger charge is 2.26. The molecule has 1 aliphatic rings. The number of carbonyl (C=O) groups is 2. The van der Waals surface area contributed by atoms with Gasteiger partial charge in [0.1, 0.15) is 11.5 Å². The maximum Gasteiger partial charge on any atom is 0.345 e. The minimum absolute atomic E-state index is 0.151. The van der Waals surface area contributed by atoms with E-state index < -0.39 is 5.97 Å². The number of ether oxygens (including phenoxy) is 2. The Kier molecular flexibility index (Phi) is 11.9. The molecule has 0 saturated heterocycles. The van der Waals surface area contributed by atoms with E-state index in [4.69, 9.17) is 9.47 Å². The molecule has 1 N–H and O–H groups in total. The van der Waals surface area contributed by atoms with Gasteiger partial charge in [-0.1, -0.05) is 73.6 Å². The van der Waals surface area contributed by atoms with E-state index in [1.165, 1.54) is 42.8 Å². The Hall–Kier alpha value is -4.19. The highest BCUT2D eigenvalue weighted by Crippen LogP contribution is 2.40. The minimum Gasteiger partial charge on any atom is -0.492 e. The largest absolute Gasteiger partial charge is 0.492 e. The van der Waals surface area contributed by atoms with Crippen LogP contribution in [0, 0.1) is 5.41 Å². The van der Waals surface area contributed by atoms with Crippen LogP contribution in [0.5, 0.6) is 11.5 Å². The molecule has 41 heavy (non-hydrogen) atoms. The third kappa shape index (κ3) is 10.7. The molecule has 0 unspecified atom stereocenters. The molecule has 1 amide bonds. The Labute approximate surface area is 244 Å². The second-order valence-electron chi connectivity index (χ2n) is 11.0. The average Bonchev–Trinajstić information content (AvgIpc) is 2.93. The molecular weight excluding hydrogens is 512 g/mol. The molecule has 0 aliphatic heterocycles. The number of allylic oxidation sites excluding steroid dienone is 9. The molecule has 2 aromatic rings. The van der Waals surface area contributed by atoms with E-state index in [0.717, 1.165) is 11.1 Å². The number of aromatic nitrogens is 1. The number of carbonyl (C=O) groups excluding carboxylic acids is 2. The first-order valence-corrected chi connectivity index (χ1v) is 14.2. The number of benzene rings is 1. The summed E-state index contributed by atoms with van der Waals surface area (Å²) in [5.74, 6) is 0.274. The highest BCUT2D eigenvalue weighted by molar-refractivity contribution is 5.91. The smallest absolute Gasteiger partial charge is 0.345 e. The number of nitrogens with zero attached hydrogens (tertiary/aromatic N) is 1. The first-order valence-electron chi connectivity index (χ1n) is 14.2. The van der Waals surface area contributed by atoms with E-state index in [0.29, 0.717) is 36.6 Å². The summed E-state index contributed by atoms with van der Waals surface area (Å²) in [6.07, 6.45) is 19.2. The molecule has 3 rings (SSSR count). The van der Waals surface area contributed by atoms with Gasteiger partial charge >= 0.3 is 5.97 Å². The van der Waals surface area contributed by atoms with Gasteiger partial charge in [0.15, 0.2) is 0 Å². The van der Waals surface area contributed by atoms with Crippen molar-refractivity contribution in [2.45, 2.75) is 60.3 Å². The van der Waals surface area contributed by atoms with Crippen molar-refractivity contribution < 1.29 is 19.1 Å². The fourth-order valence-electron chi connectivity index (χ4n) is 4.68. The molecule has 0 fully saturated rings. The summed E-state index contributed by atoms with van der Waals surface area (Å²) in [5, 5.41) is 2.87. The summed E-state index contributed by atoms with van der Waals surface area (Å²) in [4.78, 5) is 28.7. The Morgan fingerprint density at radius 3 is 2.59 bits per heavy atom. The summed E-state index contributed by atoms with van der Waals surface area (Å²) < 4.78 is 11.0. The summed E-state index contributed by atoms with van der Waals surface area (Å²) in [6.45, 7) is 11.7. The van der Waals surface area contributed by atoms with Crippen LogP contribution < -0.4 is 14.8 Å². The summed E-state index contributed by atoms with van der Waals surface area (Å²) >= 11 is 0. The Balaban J connectivity index is 1.38. The zero-order valence-corrected chi connectivity index (χ0v) is 24.9. The third-order valence-corrected chi connectivity index (χ3v) is 6.92. The number of esters is 1. The second-order valence-corrected chi connectivity index (χ2v) is 11.0. The van der Waals surface area contributed by atoms with Gasteiger partial charge < -0.3 is 14.8 Å². The number of rotatable bonds is 12. The van der Waals surface area contributed by atoms with Crippen LogP contribution in [0.4, 0.5) is 0 Å². The molecule has 6 nitrogen and oxygen atoms in total. The van der Waals surface area contributed by atoms with E-state index >= 15 is 0 Å². The Bertz CT molecular complexity index is 1350. The molecule has 0 spiro atoms. The van der Waals surface area contributed by atoms with Crippen molar-refractivity contribution in [3.05, 3.63) is 113 Å². The van der Waals surface area contributed by atoms with E-state index in [1.54, 1.807) is 36.4 Å². The predicted molar refractivity (Wildman–Crippen MR) is 165 cm³/mol. The van der Waals surface area contributed by atoms with Crippen LogP contribution in [0.25, 0.3) is 0 Å². The van der Waals surface area contributed by atoms with Gasteiger partial charge in [0.05, 0.1) is 18.4 Å². The molecule has 0 atom stereocenters. The molecule has 216 valence electrons. The maximum atomic E-state index is 12.3. The minimum atomic E-state index is -0.504. The van der Waals surface area contributed by atoms with Gasteiger partial charge in [-0.25, -0.2) is 4.79 Å². The lowest BCUT2D eigenvalue weighted by atomic mass is 9.72. The lowest BCUT2D eigenvalue weighted by Crippen LogP contribution is -2.23. The first kappa shape index (κ1) is 31.3.